The number of amides is 1. The second kappa shape index (κ2) is 9.50. The molecule has 1 atom stereocenters. The Hall–Kier alpha value is -3.56. The van der Waals surface area contributed by atoms with E-state index in [1.54, 1.807) is 29.3 Å². The second-order valence-corrected chi connectivity index (χ2v) is 7.34. The van der Waals surface area contributed by atoms with E-state index in [9.17, 15) is 14.8 Å². The molecule has 2 heterocycles. The van der Waals surface area contributed by atoms with Gasteiger partial charge in [-0.05, 0) is 34.9 Å². The van der Waals surface area contributed by atoms with E-state index >= 15 is 0 Å². The number of benzene rings is 2. The summed E-state index contributed by atoms with van der Waals surface area (Å²) in [6.45, 7) is 0. The van der Waals surface area contributed by atoms with Crippen LogP contribution < -0.4 is 5.32 Å². The van der Waals surface area contributed by atoms with Crippen LogP contribution >= 0.6 is 0 Å². The van der Waals surface area contributed by atoms with E-state index in [4.69, 9.17) is 0 Å². The summed E-state index contributed by atoms with van der Waals surface area (Å²) in [5.74, 6) is -1.09. The first-order valence-electron chi connectivity index (χ1n) is 10.0. The maximum absolute atomic E-state index is 12.4. The molecule has 156 valence electrons. The lowest BCUT2D eigenvalue weighted by atomic mass is 9.75. The Morgan fingerprint density at radius 2 is 1.94 bits per heavy atom. The number of nitrogens with one attached hydrogen (secondary N) is 1. The first kappa shape index (κ1) is 20.7. The highest BCUT2D eigenvalue weighted by molar-refractivity contribution is 6.43. The van der Waals surface area contributed by atoms with Crippen molar-refractivity contribution in [2.75, 3.05) is 0 Å². The standard InChI is InChI=1S/C22H22BN5O3/c29-22(10-9-19-15-28(27-26-19)20-6-3-11-24-14-20)25-21(23(30)31)13-16-7-8-17-4-1-2-5-18(17)12-16/h1-8,11-12,14-15,21,30-31H,9-10,13H2,(H,25,29). The van der Waals surface area contributed by atoms with Crippen molar-refractivity contribution in [1.29, 1.82) is 0 Å². The fourth-order valence-corrected chi connectivity index (χ4v) is 3.40. The molecule has 0 saturated carbocycles. The summed E-state index contributed by atoms with van der Waals surface area (Å²) in [6, 6.07) is 17.5. The van der Waals surface area contributed by atoms with Gasteiger partial charge in [-0.25, -0.2) is 4.68 Å². The van der Waals surface area contributed by atoms with Crippen LogP contribution in [0.5, 0.6) is 0 Å². The molecule has 0 bridgehead atoms. The Balaban J connectivity index is 1.35. The van der Waals surface area contributed by atoms with E-state index in [1.807, 2.05) is 48.5 Å². The molecule has 8 nitrogen and oxygen atoms in total. The van der Waals surface area contributed by atoms with Crippen LogP contribution in [0.1, 0.15) is 17.7 Å². The van der Waals surface area contributed by atoms with E-state index in [1.165, 1.54) is 0 Å². The number of hydrogen-bond acceptors (Lipinski definition) is 6. The van der Waals surface area contributed by atoms with Gasteiger partial charge in [-0.3, -0.25) is 9.78 Å². The van der Waals surface area contributed by atoms with Crippen molar-refractivity contribution in [2.24, 2.45) is 0 Å². The molecule has 0 aliphatic carbocycles. The van der Waals surface area contributed by atoms with Crippen molar-refractivity contribution in [3.63, 3.8) is 0 Å². The van der Waals surface area contributed by atoms with Crippen molar-refractivity contribution in [1.82, 2.24) is 25.3 Å². The Morgan fingerprint density at radius 3 is 2.71 bits per heavy atom. The fraction of sp³-hybridized carbons (Fsp3) is 0.182. The predicted octanol–water partition coefficient (Wildman–Crippen LogP) is 1.49. The largest absolute Gasteiger partial charge is 0.475 e. The number of pyridine rings is 1. The number of hydrogen-bond donors (Lipinski definition) is 3. The number of carbonyl (C=O) groups is 1. The van der Waals surface area contributed by atoms with Gasteiger partial charge in [-0.2, -0.15) is 0 Å². The van der Waals surface area contributed by atoms with Crippen LogP contribution in [0.2, 0.25) is 0 Å². The highest BCUT2D eigenvalue weighted by Gasteiger charge is 2.25. The molecule has 2 aromatic heterocycles. The number of carbonyl (C=O) groups excluding carboxylic acids is 1. The van der Waals surface area contributed by atoms with Crippen molar-refractivity contribution in [3.8, 4) is 5.69 Å². The maximum atomic E-state index is 12.4. The lowest BCUT2D eigenvalue weighted by molar-refractivity contribution is -0.121. The van der Waals surface area contributed by atoms with Gasteiger partial charge in [-0.15, -0.1) is 5.10 Å². The molecule has 0 aliphatic heterocycles. The molecule has 4 aromatic rings. The summed E-state index contributed by atoms with van der Waals surface area (Å²) in [5.41, 5.74) is 2.36. The smallest absolute Gasteiger partial charge is 0.426 e. The molecule has 31 heavy (non-hydrogen) atoms. The second-order valence-electron chi connectivity index (χ2n) is 7.34. The van der Waals surface area contributed by atoms with Gasteiger partial charge < -0.3 is 15.4 Å². The quantitative estimate of drug-likeness (QED) is 0.376. The van der Waals surface area contributed by atoms with Crippen LogP contribution in [-0.2, 0) is 17.6 Å². The number of nitrogens with zero attached hydrogens (tertiary/aromatic N) is 4. The van der Waals surface area contributed by atoms with Gasteiger partial charge >= 0.3 is 7.12 Å². The number of rotatable bonds is 8. The minimum atomic E-state index is -1.66. The average Bonchev–Trinajstić information content (AvgIpc) is 3.27. The third-order valence-corrected chi connectivity index (χ3v) is 5.04. The lowest BCUT2D eigenvalue weighted by Gasteiger charge is -2.18. The highest BCUT2D eigenvalue weighted by atomic mass is 16.4. The van der Waals surface area contributed by atoms with Gasteiger partial charge in [0.1, 0.15) is 0 Å². The number of fused-ring (bicyclic) bond motifs is 1. The van der Waals surface area contributed by atoms with Gasteiger partial charge in [-0.1, -0.05) is 47.7 Å². The molecular formula is C22H22BN5O3. The Bertz CT molecular complexity index is 1170. The number of aryl methyl sites for hydroxylation is 1. The van der Waals surface area contributed by atoms with E-state index in [-0.39, 0.29) is 12.3 Å². The highest BCUT2D eigenvalue weighted by Crippen LogP contribution is 2.17. The summed E-state index contributed by atoms with van der Waals surface area (Å²) in [5, 5.41) is 32.5. The van der Waals surface area contributed by atoms with Crippen molar-refractivity contribution in [2.45, 2.75) is 25.2 Å². The fourth-order valence-electron chi connectivity index (χ4n) is 3.40. The van der Waals surface area contributed by atoms with Gasteiger partial charge in [0.25, 0.3) is 0 Å². The first-order chi connectivity index (χ1) is 15.1. The van der Waals surface area contributed by atoms with Crippen LogP contribution in [-0.4, -0.2) is 49.0 Å². The van der Waals surface area contributed by atoms with Crippen molar-refractivity contribution in [3.05, 3.63) is 84.4 Å². The van der Waals surface area contributed by atoms with Crippen LogP contribution in [0.25, 0.3) is 16.5 Å². The molecule has 3 N–H and O–H groups in total. The SMILES string of the molecule is O=C(CCc1cn(-c2cccnc2)nn1)NC(Cc1ccc2ccccc2c1)B(O)O. The monoisotopic (exact) mass is 415 g/mol. The average molecular weight is 415 g/mol. The zero-order chi connectivity index (χ0) is 21.6. The molecule has 0 spiro atoms. The third kappa shape index (κ3) is 5.33. The summed E-state index contributed by atoms with van der Waals surface area (Å²) < 4.78 is 1.60. The Kier molecular flexibility index (Phi) is 6.35. The molecular weight excluding hydrogens is 393 g/mol. The van der Waals surface area contributed by atoms with Gasteiger partial charge in [0.2, 0.25) is 5.91 Å². The van der Waals surface area contributed by atoms with E-state index < -0.39 is 13.1 Å². The van der Waals surface area contributed by atoms with E-state index in [2.05, 4.69) is 20.6 Å². The molecule has 0 aliphatic rings. The van der Waals surface area contributed by atoms with Gasteiger partial charge in [0.15, 0.2) is 0 Å². The molecule has 9 heteroatoms. The normalized spacial score (nSPS) is 11.9. The van der Waals surface area contributed by atoms with E-state index in [0.717, 1.165) is 22.0 Å². The van der Waals surface area contributed by atoms with Crippen molar-refractivity contribution < 1.29 is 14.8 Å². The van der Waals surface area contributed by atoms with Crippen LogP contribution in [0, 0.1) is 0 Å². The molecule has 4 rings (SSSR count). The molecule has 0 radical (unpaired) electrons. The molecule has 1 unspecified atom stereocenters. The van der Waals surface area contributed by atoms with Crippen molar-refractivity contribution >= 4 is 23.8 Å². The summed E-state index contributed by atoms with van der Waals surface area (Å²) >= 11 is 0. The predicted molar refractivity (Wildman–Crippen MR) is 117 cm³/mol. The van der Waals surface area contributed by atoms with Gasteiger partial charge in [0, 0.05) is 19.0 Å². The molecule has 0 fully saturated rings. The summed E-state index contributed by atoms with van der Waals surface area (Å²) in [7, 11) is -1.66. The minimum absolute atomic E-state index is 0.159. The number of aromatic nitrogens is 4. The summed E-state index contributed by atoms with van der Waals surface area (Å²) in [6.07, 6.45) is 5.95. The van der Waals surface area contributed by atoms with Crippen LogP contribution in [0.4, 0.5) is 0 Å². The maximum Gasteiger partial charge on any atom is 0.475 e. The van der Waals surface area contributed by atoms with E-state index in [0.29, 0.717) is 18.5 Å². The first-order valence-corrected chi connectivity index (χ1v) is 10.0. The van der Waals surface area contributed by atoms with Gasteiger partial charge in [0.05, 0.1) is 29.7 Å². The summed E-state index contributed by atoms with van der Waals surface area (Å²) in [4.78, 5) is 16.5. The van der Waals surface area contributed by atoms with Crippen LogP contribution in [0.15, 0.2) is 73.2 Å². The zero-order valence-corrected chi connectivity index (χ0v) is 16.8. The minimum Gasteiger partial charge on any atom is -0.426 e. The molecule has 2 aromatic carbocycles. The third-order valence-electron chi connectivity index (χ3n) is 5.04. The molecule has 0 saturated heterocycles. The molecule has 1 amide bonds. The topological polar surface area (TPSA) is 113 Å². The Labute approximate surface area is 179 Å². The zero-order valence-electron chi connectivity index (χ0n) is 16.8. The van der Waals surface area contributed by atoms with Crippen LogP contribution in [0.3, 0.4) is 0 Å². The Morgan fingerprint density at radius 1 is 1.10 bits per heavy atom. The lowest BCUT2D eigenvalue weighted by Crippen LogP contribution is -2.48.